The highest BCUT2D eigenvalue weighted by atomic mass is 32.1. The predicted molar refractivity (Wildman–Crippen MR) is 247 cm³/mol. The minimum Gasteiger partial charge on any atom is -0.455 e. The highest BCUT2D eigenvalue weighted by Crippen LogP contribution is 2.33. The SMILES string of the molecule is CN1Cc2c(C(=O)OC(C)(C)C)ncn2-c2ccsc2C1=O.CN1Cc2c(C(=O)OC(C)(C)C)ncn2-c2ccsc2C1=O.CN1Cc2c(C(=O)OC(C)(C)C)ncn2-c2ccsc2C1=O. The summed E-state index contributed by atoms with van der Waals surface area (Å²) in [6.45, 7) is 17.2. The van der Waals surface area contributed by atoms with Crippen LogP contribution in [0, 0.1) is 0 Å². The number of carbonyl (C=O) groups is 6. The second kappa shape index (κ2) is 17.7. The molecule has 18 nitrogen and oxygen atoms in total. The molecule has 3 aliphatic rings. The zero-order valence-electron chi connectivity index (χ0n) is 38.7. The normalized spacial score (nSPS) is 14.4. The molecule has 0 radical (unpaired) electrons. The molecule has 9 rings (SSSR count). The van der Waals surface area contributed by atoms with Crippen molar-refractivity contribution in [3.05, 3.63) is 102 Å². The minimum atomic E-state index is -0.590. The molecular formula is C45H51N9O9S3. The standard InChI is InChI=1S/3C15H17N3O3S/c3*1-15(2,3)21-14(20)11-10-7-17(4)13(19)12-9(5-6-22-12)18(10)8-16-11/h3*5-6,8H,7H2,1-4H3. The van der Waals surface area contributed by atoms with Crippen molar-refractivity contribution in [2.75, 3.05) is 21.1 Å². The summed E-state index contributed by atoms with van der Waals surface area (Å²) in [5.74, 6) is -1.57. The van der Waals surface area contributed by atoms with Crippen LogP contribution in [0.3, 0.4) is 0 Å². The highest BCUT2D eigenvalue weighted by molar-refractivity contribution is 7.13. The average molecular weight is 958 g/mol. The number of thiophene rings is 3. The second-order valence-corrected chi connectivity index (χ2v) is 21.4. The lowest BCUT2D eigenvalue weighted by Gasteiger charge is -2.20. The number of amides is 3. The summed E-state index contributed by atoms with van der Waals surface area (Å²) < 4.78 is 21.6. The molecule has 6 aromatic rings. The van der Waals surface area contributed by atoms with E-state index >= 15 is 0 Å². The third kappa shape index (κ3) is 9.73. The van der Waals surface area contributed by atoms with E-state index in [0.29, 0.717) is 51.3 Å². The summed E-state index contributed by atoms with van der Waals surface area (Å²) in [6.07, 6.45) is 4.73. The Morgan fingerprint density at radius 3 is 0.939 bits per heavy atom. The number of ether oxygens (including phenoxy) is 3. The van der Waals surface area contributed by atoms with Crippen LogP contribution in [0.25, 0.3) is 17.1 Å². The molecule has 0 aliphatic carbocycles. The fourth-order valence-electron chi connectivity index (χ4n) is 7.05. The van der Waals surface area contributed by atoms with Gasteiger partial charge in [0.15, 0.2) is 17.1 Å². The van der Waals surface area contributed by atoms with Crippen molar-refractivity contribution in [3.63, 3.8) is 0 Å². The molecule has 6 aromatic heterocycles. The fourth-order valence-corrected chi connectivity index (χ4v) is 9.68. The van der Waals surface area contributed by atoms with Crippen molar-refractivity contribution in [2.24, 2.45) is 0 Å². The van der Waals surface area contributed by atoms with E-state index < -0.39 is 34.7 Å². The summed E-state index contributed by atoms with van der Waals surface area (Å²) in [5, 5.41) is 5.58. The Hall–Kier alpha value is -6.45. The number of aromatic nitrogens is 6. The van der Waals surface area contributed by atoms with Gasteiger partial charge in [0.25, 0.3) is 17.7 Å². The van der Waals surface area contributed by atoms with Crippen LogP contribution in [0.4, 0.5) is 0 Å². The lowest BCUT2D eigenvalue weighted by atomic mass is 10.2. The van der Waals surface area contributed by atoms with Crippen molar-refractivity contribution >= 4 is 69.6 Å². The molecule has 9 heterocycles. The van der Waals surface area contributed by atoms with Crippen LogP contribution in [-0.2, 0) is 33.8 Å². The van der Waals surface area contributed by atoms with Crippen molar-refractivity contribution < 1.29 is 43.0 Å². The summed E-state index contributed by atoms with van der Waals surface area (Å²) in [5.41, 5.74) is 3.29. The van der Waals surface area contributed by atoms with Gasteiger partial charge in [0.1, 0.15) is 50.4 Å². The molecule has 3 amide bonds. The Morgan fingerprint density at radius 1 is 0.470 bits per heavy atom. The van der Waals surface area contributed by atoms with Gasteiger partial charge in [-0.2, -0.15) is 0 Å². The molecule has 0 saturated carbocycles. The smallest absolute Gasteiger partial charge is 0.359 e. The van der Waals surface area contributed by atoms with E-state index in [0.717, 1.165) is 17.1 Å². The maximum Gasteiger partial charge on any atom is 0.359 e. The summed E-state index contributed by atoms with van der Waals surface area (Å²) >= 11 is 4.16. The van der Waals surface area contributed by atoms with E-state index in [2.05, 4.69) is 15.0 Å². The molecule has 0 N–H and O–H groups in total. The Kier molecular flexibility index (Phi) is 12.8. The Morgan fingerprint density at radius 2 is 0.712 bits per heavy atom. The van der Waals surface area contributed by atoms with Crippen LogP contribution >= 0.6 is 34.0 Å². The third-order valence-corrected chi connectivity index (χ3v) is 12.5. The van der Waals surface area contributed by atoms with Gasteiger partial charge in [-0.25, -0.2) is 29.3 Å². The van der Waals surface area contributed by atoms with Crippen molar-refractivity contribution in [1.29, 1.82) is 0 Å². The molecule has 0 atom stereocenters. The molecule has 0 unspecified atom stereocenters. The lowest BCUT2D eigenvalue weighted by Crippen LogP contribution is -2.27. The molecule has 0 bridgehead atoms. The quantitative estimate of drug-likeness (QED) is 0.126. The maximum atomic E-state index is 12.4. The fraction of sp³-hybridized carbons (Fsp3) is 0.400. The van der Waals surface area contributed by atoms with Crippen molar-refractivity contribution in [3.8, 4) is 17.1 Å². The van der Waals surface area contributed by atoms with Crippen LogP contribution in [0.5, 0.6) is 0 Å². The monoisotopic (exact) mass is 957 g/mol. The Bertz CT molecular complexity index is 2570. The first-order valence-corrected chi connectivity index (χ1v) is 23.4. The summed E-state index contributed by atoms with van der Waals surface area (Å²) in [6, 6.07) is 5.59. The van der Waals surface area contributed by atoms with Crippen LogP contribution in [0.2, 0.25) is 0 Å². The van der Waals surface area contributed by atoms with Crippen LogP contribution in [0.15, 0.2) is 53.3 Å². The topological polar surface area (TPSA) is 193 Å². The van der Waals surface area contributed by atoms with Gasteiger partial charge in [-0.05, 0) is 96.7 Å². The number of fused-ring (bicyclic) bond motifs is 9. The van der Waals surface area contributed by atoms with E-state index in [9.17, 15) is 28.8 Å². The first kappa shape index (κ1) is 47.5. The van der Waals surface area contributed by atoms with E-state index in [1.807, 2.05) is 96.7 Å². The van der Waals surface area contributed by atoms with Gasteiger partial charge >= 0.3 is 17.9 Å². The van der Waals surface area contributed by atoms with E-state index in [1.54, 1.807) is 68.5 Å². The molecule has 0 fully saturated rings. The van der Waals surface area contributed by atoms with Gasteiger partial charge in [-0.1, -0.05) is 0 Å². The number of imidazole rings is 3. The molecule has 21 heteroatoms. The molecule has 66 heavy (non-hydrogen) atoms. The molecule has 0 spiro atoms. The molecular weight excluding hydrogens is 907 g/mol. The first-order valence-electron chi connectivity index (χ1n) is 20.7. The van der Waals surface area contributed by atoms with Crippen molar-refractivity contribution in [1.82, 2.24) is 43.4 Å². The molecule has 3 aliphatic heterocycles. The average Bonchev–Trinajstić information content (AvgIpc) is 4.06. The number of carbonyl (C=O) groups excluding carboxylic acids is 6. The van der Waals surface area contributed by atoms with E-state index in [4.69, 9.17) is 14.2 Å². The lowest BCUT2D eigenvalue weighted by molar-refractivity contribution is 0.00488. The maximum absolute atomic E-state index is 12.4. The Balaban J connectivity index is 0.000000147. The van der Waals surface area contributed by atoms with Crippen LogP contribution < -0.4 is 0 Å². The number of nitrogens with zero attached hydrogens (tertiary/aromatic N) is 9. The molecule has 348 valence electrons. The van der Waals surface area contributed by atoms with Gasteiger partial charge in [0.05, 0.1) is 53.8 Å². The number of hydrogen-bond acceptors (Lipinski definition) is 15. The predicted octanol–water partition coefficient (Wildman–Crippen LogP) is 7.42. The second-order valence-electron chi connectivity index (χ2n) is 18.6. The number of rotatable bonds is 3. The molecule has 0 saturated heterocycles. The van der Waals surface area contributed by atoms with Crippen LogP contribution in [-0.4, -0.2) is 117 Å². The largest absolute Gasteiger partial charge is 0.455 e. The zero-order valence-corrected chi connectivity index (χ0v) is 41.2. The van der Waals surface area contributed by atoms with Crippen molar-refractivity contribution in [2.45, 2.75) is 98.8 Å². The van der Waals surface area contributed by atoms with Gasteiger partial charge in [-0.15, -0.1) is 34.0 Å². The van der Waals surface area contributed by atoms with Gasteiger partial charge in [0.2, 0.25) is 0 Å². The van der Waals surface area contributed by atoms with Gasteiger partial charge in [0, 0.05) is 21.1 Å². The highest BCUT2D eigenvalue weighted by Gasteiger charge is 2.34. The number of hydrogen-bond donors (Lipinski definition) is 0. The van der Waals surface area contributed by atoms with E-state index in [-0.39, 0.29) is 34.8 Å². The first-order chi connectivity index (χ1) is 30.8. The minimum absolute atomic E-state index is 0.0520. The van der Waals surface area contributed by atoms with E-state index in [1.165, 1.54) is 34.0 Å². The Labute approximate surface area is 393 Å². The number of esters is 3. The summed E-state index contributed by atoms with van der Waals surface area (Å²) in [4.78, 5) is 93.5. The molecule has 0 aromatic carbocycles. The van der Waals surface area contributed by atoms with Crippen LogP contribution in [0.1, 0.15) is 140 Å². The van der Waals surface area contributed by atoms with Gasteiger partial charge in [-0.3, -0.25) is 28.1 Å². The van der Waals surface area contributed by atoms with Gasteiger partial charge < -0.3 is 28.9 Å². The zero-order chi connectivity index (χ0) is 48.2. The summed E-state index contributed by atoms with van der Waals surface area (Å²) in [7, 11) is 5.15. The third-order valence-electron chi connectivity index (χ3n) is 9.87.